The molecule has 2 rings (SSSR count). The summed E-state index contributed by atoms with van der Waals surface area (Å²) in [5.74, 6) is 0. The van der Waals surface area contributed by atoms with E-state index in [-0.39, 0.29) is 0 Å². The molecule has 0 amide bonds. The zero-order chi connectivity index (χ0) is 9.80. The highest BCUT2D eigenvalue weighted by Gasteiger charge is 1.98. The van der Waals surface area contributed by atoms with Crippen molar-refractivity contribution in [3.05, 3.63) is 59.4 Å². The predicted molar refractivity (Wildman–Crippen MR) is 59.4 cm³/mol. The van der Waals surface area contributed by atoms with E-state index in [1.54, 1.807) is 0 Å². The van der Waals surface area contributed by atoms with E-state index in [0.717, 1.165) is 12.8 Å². The Morgan fingerprint density at radius 2 is 1.79 bits per heavy atom. The van der Waals surface area contributed by atoms with Crippen LogP contribution in [0.2, 0.25) is 0 Å². The maximum Gasteiger partial charge on any atom is 0.0148 e. The zero-order valence-corrected chi connectivity index (χ0v) is 8.46. The van der Waals surface area contributed by atoms with E-state index in [4.69, 9.17) is 0 Å². The highest BCUT2D eigenvalue weighted by Crippen LogP contribution is 2.09. The van der Waals surface area contributed by atoms with Crippen molar-refractivity contribution in [3.63, 3.8) is 0 Å². The molecule has 14 heavy (non-hydrogen) atoms. The van der Waals surface area contributed by atoms with Gasteiger partial charge in [0.15, 0.2) is 0 Å². The number of aromatic amines is 1. The summed E-state index contributed by atoms with van der Waals surface area (Å²) < 4.78 is 0. The molecule has 0 aliphatic rings. The lowest BCUT2D eigenvalue weighted by Gasteiger charge is -2.00. The molecule has 1 heterocycles. The molecule has 0 saturated heterocycles. The maximum absolute atomic E-state index is 3.20. The van der Waals surface area contributed by atoms with Crippen molar-refractivity contribution < 1.29 is 0 Å². The topological polar surface area (TPSA) is 15.8 Å². The molecule has 1 aromatic carbocycles. The van der Waals surface area contributed by atoms with Gasteiger partial charge in [-0.3, -0.25) is 0 Å². The van der Waals surface area contributed by atoms with E-state index < -0.39 is 0 Å². The van der Waals surface area contributed by atoms with Gasteiger partial charge >= 0.3 is 0 Å². The van der Waals surface area contributed by atoms with Crippen molar-refractivity contribution in [1.29, 1.82) is 0 Å². The Balaban J connectivity index is 1.99. The molecule has 72 valence electrons. The number of nitrogens with one attached hydrogen (secondary N) is 1. The third kappa shape index (κ3) is 2.05. The van der Waals surface area contributed by atoms with E-state index in [0.29, 0.717) is 0 Å². The fraction of sp³-hybridized carbons (Fsp3) is 0.231. The molecular weight excluding hydrogens is 170 g/mol. The number of H-pyrrole nitrogens is 1. The second-order valence-corrected chi connectivity index (χ2v) is 3.61. The fourth-order valence-corrected chi connectivity index (χ4v) is 1.68. The van der Waals surface area contributed by atoms with Gasteiger partial charge in [-0.25, -0.2) is 0 Å². The molecule has 0 radical (unpaired) electrons. The average molecular weight is 185 g/mol. The minimum atomic E-state index is 1.12. The van der Waals surface area contributed by atoms with Gasteiger partial charge < -0.3 is 4.98 Å². The molecule has 1 N–H and O–H groups in total. The van der Waals surface area contributed by atoms with Crippen LogP contribution in [-0.2, 0) is 12.8 Å². The average Bonchev–Trinajstić information content (AvgIpc) is 2.63. The molecule has 0 bridgehead atoms. The number of hydrogen-bond donors (Lipinski definition) is 1. The number of aryl methyl sites for hydroxylation is 3. The normalized spacial score (nSPS) is 10.4. The van der Waals surface area contributed by atoms with Crippen LogP contribution in [0.25, 0.3) is 0 Å². The molecule has 0 aliphatic heterocycles. The van der Waals surface area contributed by atoms with Gasteiger partial charge in [0.25, 0.3) is 0 Å². The van der Waals surface area contributed by atoms with Crippen LogP contribution < -0.4 is 0 Å². The maximum atomic E-state index is 3.20. The first-order valence-electron chi connectivity index (χ1n) is 5.03. The van der Waals surface area contributed by atoms with Gasteiger partial charge in [-0.05, 0) is 37.0 Å². The summed E-state index contributed by atoms with van der Waals surface area (Å²) in [4.78, 5) is 3.20. The van der Waals surface area contributed by atoms with E-state index in [1.807, 2.05) is 6.20 Å². The van der Waals surface area contributed by atoms with Crippen LogP contribution in [0.5, 0.6) is 0 Å². The molecule has 0 aliphatic carbocycles. The predicted octanol–water partition coefficient (Wildman–Crippen LogP) is 3.11. The van der Waals surface area contributed by atoms with Crippen LogP contribution in [0, 0.1) is 6.92 Å². The quantitative estimate of drug-likeness (QED) is 0.756. The Morgan fingerprint density at radius 1 is 1.00 bits per heavy atom. The number of hydrogen-bond acceptors (Lipinski definition) is 0. The Bertz CT molecular complexity index is 387. The van der Waals surface area contributed by atoms with Gasteiger partial charge in [-0.15, -0.1) is 0 Å². The first-order chi connectivity index (χ1) is 6.86. The Hall–Kier alpha value is -1.50. The van der Waals surface area contributed by atoms with Crippen LogP contribution >= 0.6 is 0 Å². The van der Waals surface area contributed by atoms with Gasteiger partial charge in [0.1, 0.15) is 0 Å². The van der Waals surface area contributed by atoms with Gasteiger partial charge in [0, 0.05) is 11.9 Å². The van der Waals surface area contributed by atoms with Crippen molar-refractivity contribution in [3.8, 4) is 0 Å². The molecule has 2 aromatic rings. The molecule has 1 nitrogen and oxygen atoms in total. The SMILES string of the molecule is Cc1[nH]ccc1CCc1ccccc1. The van der Waals surface area contributed by atoms with E-state index in [2.05, 4.69) is 48.3 Å². The van der Waals surface area contributed by atoms with Crippen LogP contribution in [0.1, 0.15) is 16.8 Å². The van der Waals surface area contributed by atoms with Gasteiger partial charge in [-0.1, -0.05) is 30.3 Å². The van der Waals surface area contributed by atoms with Crippen LogP contribution in [-0.4, -0.2) is 4.98 Å². The second kappa shape index (κ2) is 4.14. The minimum absolute atomic E-state index is 1.12. The van der Waals surface area contributed by atoms with Crippen LogP contribution in [0.4, 0.5) is 0 Å². The molecule has 0 spiro atoms. The minimum Gasteiger partial charge on any atom is -0.365 e. The lowest BCUT2D eigenvalue weighted by Crippen LogP contribution is -1.91. The zero-order valence-electron chi connectivity index (χ0n) is 8.46. The van der Waals surface area contributed by atoms with Crippen LogP contribution in [0.15, 0.2) is 42.6 Å². The van der Waals surface area contributed by atoms with Crippen LogP contribution in [0.3, 0.4) is 0 Å². The standard InChI is InChI=1S/C13H15N/c1-11-13(9-10-14-11)8-7-12-5-3-2-4-6-12/h2-6,9-10,14H,7-8H2,1H3. The van der Waals surface area contributed by atoms with E-state index in [9.17, 15) is 0 Å². The fourth-order valence-electron chi connectivity index (χ4n) is 1.68. The highest BCUT2D eigenvalue weighted by atomic mass is 14.7. The molecule has 1 heteroatoms. The van der Waals surface area contributed by atoms with Gasteiger partial charge in [0.05, 0.1) is 0 Å². The monoisotopic (exact) mass is 185 g/mol. The van der Waals surface area contributed by atoms with Gasteiger partial charge in [-0.2, -0.15) is 0 Å². The summed E-state index contributed by atoms with van der Waals surface area (Å²) in [6, 6.07) is 12.8. The first-order valence-corrected chi connectivity index (χ1v) is 5.03. The highest BCUT2D eigenvalue weighted by molar-refractivity contribution is 5.22. The molecule has 0 saturated carbocycles. The summed E-state index contributed by atoms with van der Waals surface area (Å²) in [6.07, 6.45) is 4.26. The van der Waals surface area contributed by atoms with Gasteiger partial charge in [0.2, 0.25) is 0 Å². The summed E-state index contributed by atoms with van der Waals surface area (Å²) in [5, 5.41) is 0. The number of benzene rings is 1. The number of aromatic nitrogens is 1. The molecule has 0 fully saturated rings. The lowest BCUT2D eigenvalue weighted by atomic mass is 10.1. The third-order valence-corrected chi connectivity index (χ3v) is 2.59. The largest absolute Gasteiger partial charge is 0.365 e. The Labute approximate surface area is 84.8 Å². The Kier molecular flexibility index (Phi) is 2.68. The van der Waals surface area contributed by atoms with Crippen molar-refractivity contribution in [2.24, 2.45) is 0 Å². The lowest BCUT2D eigenvalue weighted by molar-refractivity contribution is 0.948. The Morgan fingerprint density at radius 3 is 2.43 bits per heavy atom. The smallest absolute Gasteiger partial charge is 0.0148 e. The molecule has 1 aromatic heterocycles. The molecule has 0 unspecified atom stereocenters. The third-order valence-electron chi connectivity index (χ3n) is 2.59. The van der Waals surface area contributed by atoms with Crippen molar-refractivity contribution in [1.82, 2.24) is 4.98 Å². The summed E-state index contributed by atoms with van der Waals surface area (Å²) >= 11 is 0. The van der Waals surface area contributed by atoms with E-state index >= 15 is 0 Å². The second-order valence-electron chi connectivity index (χ2n) is 3.61. The summed E-state index contributed by atoms with van der Waals surface area (Å²) in [5.41, 5.74) is 4.13. The van der Waals surface area contributed by atoms with Crippen molar-refractivity contribution in [2.75, 3.05) is 0 Å². The first kappa shape index (κ1) is 9.07. The summed E-state index contributed by atoms with van der Waals surface area (Å²) in [6.45, 7) is 2.13. The van der Waals surface area contributed by atoms with Crippen molar-refractivity contribution >= 4 is 0 Å². The van der Waals surface area contributed by atoms with E-state index in [1.165, 1.54) is 16.8 Å². The summed E-state index contributed by atoms with van der Waals surface area (Å²) in [7, 11) is 0. The molecular formula is C13H15N. The van der Waals surface area contributed by atoms with Crippen molar-refractivity contribution in [2.45, 2.75) is 19.8 Å². The molecule has 0 atom stereocenters. The number of rotatable bonds is 3.